The zero-order valence-corrected chi connectivity index (χ0v) is 18.9. The van der Waals surface area contributed by atoms with E-state index in [4.69, 9.17) is 17.2 Å². The summed E-state index contributed by atoms with van der Waals surface area (Å²) in [7, 11) is 0. The Morgan fingerprint density at radius 2 is 2.07 bits per heavy atom. The van der Waals surface area contributed by atoms with Crippen LogP contribution < -0.4 is 10.9 Å². The van der Waals surface area contributed by atoms with Crippen molar-refractivity contribution in [1.82, 2.24) is 14.3 Å². The van der Waals surface area contributed by atoms with Crippen LogP contribution in [0, 0.1) is 0 Å². The van der Waals surface area contributed by atoms with Crippen LogP contribution >= 0.6 is 24.0 Å². The SMILES string of the molecule is CCC(C)N1C(=O)/C(=C\c2c(NC3CCCCC3)nc3ccccn3c2=O)SC1=S. The Kier molecular flexibility index (Phi) is 6.24. The van der Waals surface area contributed by atoms with Crippen LogP contribution in [0.15, 0.2) is 34.1 Å². The number of nitrogens with one attached hydrogen (secondary N) is 1. The Hall–Kier alpha value is -2.19. The van der Waals surface area contributed by atoms with E-state index in [1.807, 2.05) is 26.0 Å². The number of fused-ring (bicyclic) bond motifs is 1. The summed E-state index contributed by atoms with van der Waals surface area (Å²) in [5.74, 6) is 0.410. The number of rotatable bonds is 5. The van der Waals surface area contributed by atoms with Gasteiger partial charge in [0, 0.05) is 18.3 Å². The van der Waals surface area contributed by atoms with E-state index in [9.17, 15) is 9.59 Å². The van der Waals surface area contributed by atoms with Gasteiger partial charge in [-0.3, -0.25) is 18.9 Å². The van der Waals surface area contributed by atoms with Gasteiger partial charge in [0.25, 0.3) is 11.5 Å². The highest BCUT2D eigenvalue weighted by Crippen LogP contribution is 2.35. The van der Waals surface area contributed by atoms with Crippen LogP contribution in [-0.4, -0.2) is 36.6 Å². The van der Waals surface area contributed by atoms with Gasteiger partial charge < -0.3 is 5.32 Å². The summed E-state index contributed by atoms with van der Waals surface area (Å²) in [6, 6.07) is 5.80. The van der Waals surface area contributed by atoms with Crippen LogP contribution in [0.4, 0.5) is 5.82 Å². The van der Waals surface area contributed by atoms with Crippen molar-refractivity contribution in [3.8, 4) is 0 Å². The molecule has 2 aromatic rings. The van der Waals surface area contributed by atoms with Gasteiger partial charge in [-0.15, -0.1) is 0 Å². The van der Waals surface area contributed by atoms with Crippen molar-refractivity contribution in [1.29, 1.82) is 0 Å². The highest BCUT2D eigenvalue weighted by molar-refractivity contribution is 8.26. The normalized spacial score (nSPS) is 20.3. The lowest BCUT2D eigenvalue weighted by Crippen LogP contribution is -2.36. The third kappa shape index (κ3) is 4.03. The molecule has 2 aromatic heterocycles. The second kappa shape index (κ2) is 8.89. The van der Waals surface area contributed by atoms with Gasteiger partial charge in [-0.2, -0.15) is 0 Å². The number of anilines is 1. The van der Waals surface area contributed by atoms with Crippen LogP contribution in [0.5, 0.6) is 0 Å². The molecular formula is C22H26N4O2S2. The lowest BCUT2D eigenvalue weighted by molar-refractivity contribution is -0.123. The van der Waals surface area contributed by atoms with Crippen molar-refractivity contribution in [3.63, 3.8) is 0 Å². The molecule has 1 N–H and O–H groups in total. The molecule has 2 aliphatic rings. The maximum atomic E-state index is 13.3. The molecular weight excluding hydrogens is 416 g/mol. The zero-order chi connectivity index (χ0) is 21.3. The summed E-state index contributed by atoms with van der Waals surface area (Å²) in [5.41, 5.74) is 0.812. The molecule has 8 heteroatoms. The van der Waals surface area contributed by atoms with Crippen LogP contribution in [0.2, 0.25) is 0 Å². The van der Waals surface area contributed by atoms with Crippen molar-refractivity contribution in [3.05, 3.63) is 45.2 Å². The fraction of sp³-hybridized carbons (Fsp3) is 0.455. The molecule has 0 radical (unpaired) electrons. The number of amides is 1. The number of carbonyl (C=O) groups excluding carboxylic acids is 1. The molecule has 4 rings (SSSR count). The lowest BCUT2D eigenvalue weighted by Gasteiger charge is -2.24. The maximum absolute atomic E-state index is 13.3. The smallest absolute Gasteiger partial charge is 0.267 e. The van der Waals surface area contributed by atoms with Crippen molar-refractivity contribution in [2.24, 2.45) is 0 Å². The Morgan fingerprint density at radius 1 is 1.30 bits per heavy atom. The Labute approximate surface area is 185 Å². The first-order chi connectivity index (χ1) is 14.5. The van der Waals surface area contributed by atoms with E-state index in [-0.39, 0.29) is 17.5 Å². The molecule has 1 aliphatic carbocycles. The van der Waals surface area contributed by atoms with E-state index >= 15 is 0 Å². The fourth-order valence-corrected chi connectivity index (χ4v) is 5.40. The Balaban J connectivity index is 1.78. The molecule has 1 saturated carbocycles. The summed E-state index contributed by atoms with van der Waals surface area (Å²) in [4.78, 5) is 33.2. The predicted molar refractivity (Wildman–Crippen MR) is 127 cm³/mol. The number of nitrogens with zero attached hydrogens (tertiary/aromatic N) is 3. The molecule has 0 bridgehead atoms. The molecule has 2 fully saturated rings. The average Bonchev–Trinajstić information content (AvgIpc) is 3.04. The van der Waals surface area contributed by atoms with E-state index in [0.29, 0.717) is 32.3 Å². The molecule has 3 heterocycles. The number of carbonyl (C=O) groups is 1. The van der Waals surface area contributed by atoms with Crippen molar-refractivity contribution >= 4 is 51.7 Å². The number of thiocarbonyl (C=S) groups is 1. The topological polar surface area (TPSA) is 66.7 Å². The number of pyridine rings is 1. The van der Waals surface area contributed by atoms with Gasteiger partial charge in [-0.05, 0) is 44.4 Å². The largest absolute Gasteiger partial charge is 0.367 e. The molecule has 0 spiro atoms. The van der Waals surface area contributed by atoms with E-state index in [1.165, 1.54) is 35.4 Å². The van der Waals surface area contributed by atoms with E-state index in [1.54, 1.807) is 23.2 Å². The number of hydrogen-bond donors (Lipinski definition) is 1. The van der Waals surface area contributed by atoms with Crippen LogP contribution in [0.25, 0.3) is 11.7 Å². The standard InChI is InChI=1S/C22H26N4O2S2/c1-3-14(2)26-21(28)17(30-22(26)29)13-16-19(23-15-9-5-4-6-10-15)24-18-11-7-8-12-25(18)20(16)27/h7-8,11-15,23H,3-6,9-10H2,1-2H3/b17-13+. The molecule has 1 aliphatic heterocycles. The van der Waals surface area contributed by atoms with Gasteiger partial charge in [-0.1, -0.05) is 56.2 Å². The summed E-state index contributed by atoms with van der Waals surface area (Å²) in [5, 5.41) is 3.49. The molecule has 158 valence electrons. The first-order valence-corrected chi connectivity index (χ1v) is 11.8. The molecule has 1 amide bonds. The number of hydrogen-bond acceptors (Lipinski definition) is 6. The molecule has 0 aromatic carbocycles. The van der Waals surface area contributed by atoms with Gasteiger partial charge in [0.15, 0.2) is 0 Å². The minimum atomic E-state index is -0.187. The molecule has 6 nitrogen and oxygen atoms in total. The second-order valence-electron chi connectivity index (χ2n) is 7.90. The monoisotopic (exact) mass is 442 g/mol. The van der Waals surface area contributed by atoms with Gasteiger partial charge in [-0.25, -0.2) is 4.98 Å². The third-order valence-electron chi connectivity index (χ3n) is 5.85. The molecule has 1 saturated heterocycles. The predicted octanol–water partition coefficient (Wildman–Crippen LogP) is 4.44. The third-order valence-corrected chi connectivity index (χ3v) is 7.18. The van der Waals surface area contributed by atoms with Gasteiger partial charge in [0.2, 0.25) is 0 Å². The lowest BCUT2D eigenvalue weighted by atomic mass is 9.95. The summed E-state index contributed by atoms with van der Waals surface area (Å²) >= 11 is 6.69. The zero-order valence-electron chi connectivity index (χ0n) is 17.3. The average molecular weight is 443 g/mol. The Bertz CT molecular complexity index is 1070. The van der Waals surface area contributed by atoms with Crippen molar-refractivity contribution in [2.45, 2.75) is 64.5 Å². The van der Waals surface area contributed by atoms with Gasteiger partial charge in [0.1, 0.15) is 15.8 Å². The second-order valence-corrected chi connectivity index (χ2v) is 9.57. The summed E-state index contributed by atoms with van der Waals surface area (Å²) in [6.45, 7) is 4.01. The van der Waals surface area contributed by atoms with E-state index in [0.717, 1.165) is 19.3 Å². The minimum Gasteiger partial charge on any atom is -0.367 e. The first kappa shape index (κ1) is 21.1. The van der Waals surface area contributed by atoms with Crippen LogP contribution in [0.1, 0.15) is 57.9 Å². The maximum Gasteiger partial charge on any atom is 0.267 e. The quantitative estimate of drug-likeness (QED) is 0.546. The van der Waals surface area contributed by atoms with Gasteiger partial charge >= 0.3 is 0 Å². The number of aromatic nitrogens is 2. The van der Waals surface area contributed by atoms with E-state index in [2.05, 4.69) is 5.32 Å². The first-order valence-electron chi connectivity index (χ1n) is 10.5. The van der Waals surface area contributed by atoms with Crippen LogP contribution in [0.3, 0.4) is 0 Å². The fourth-order valence-electron chi connectivity index (χ4n) is 3.96. The minimum absolute atomic E-state index is 0.0269. The van der Waals surface area contributed by atoms with Crippen molar-refractivity contribution in [2.75, 3.05) is 5.32 Å². The summed E-state index contributed by atoms with van der Waals surface area (Å²) < 4.78 is 2.06. The Morgan fingerprint density at radius 3 is 2.80 bits per heavy atom. The molecule has 1 unspecified atom stereocenters. The molecule has 1 atom stereocenters. The summed E-state index contributed by atoms with van der Waals surface area (Å²) in [6.07, 6.45) is 9.90. The highest BCUT2D eigenvalue weighted by atomic mass is 32.2. The van der Waals surface area contributed by atoms with Gasteiger partial charge in [0.05, 0.1) is 10.5 Å². The van der Waals surface area contributed by atoms with E-state index < -0.39 is 0 Å². The number of thioether (sulfide) groups is 1. The van der Waals surface area contributed by atoms with Crippen LogP contribution in [-0.2, 0) is 4.79 Å². The highest BCUT2D eigenvalue weighted by Gasteiger charge is 2.35. The van der Waals surface area contributed by atoms with Crippen molar-refractivity contribution < 1.29 is 4.79 Å². The molecule has 30 heavy (non-hydrogen) atoms.